The van der Waals surface area contributed by atoms with E-state index < -0.39 is 24.3 Å². The van der Waals surface area contributed by atoms with Crippen molar-refractivity contribution in [3.05, 3.63) is 143 Å². The Labute approximate surface area is 245 Å². The van der Waals surface area contributed by atoms with Gasteiger partial charge in [-0.05, 0) is 47.2 Å². The van der Waals surface area contributed by atoms with Gasteiger partial charge in [-0.1, -0.05) is 97.1 Å². The first-order valence-corrected chi connectivity index (χ1v) is 14.1. The molecule has 2 N–H and O–H groups in total. The lowest BCUT2D eigenvalue weighted by Gasteiger charge is -2.36. The Kier molecular flexibility index (Phi) is 9.21. The number of hydrogen-bond acceptors (Lipinski definition) is 5. The molecule has 5 rings (SSSR count). The molecule has 0 spiro atoms. The molecule has 7 nitrogen and oxygen atoms in total. The summed E-state index contributed by atoms with van der Waals surface area (Å²) in [7, 11) is 0. The van der Waals surface area contributed by atoms with Crippen molar-refractivity contribution in [1.29, 1.82) is 0 Å². The number of amides is 2. The number of rotatable bonds is 10. The maximum atomic E-state index is 14.6. The zero-order valence-electron chi connectivity index (χ0n) is 23.2. The average molecular weight is 563 g/mol. The smallest absolute Gasteiger partial charge is 0.321 e. The van der Waals surface area contributed by atoms with Crippen LogP contribution in [0.4, 0.5) is 4.79 Å². The van der Waals surface area contributed by atoms with Gasteiger partial charge in [0.2, 0.25) is 0 Å². The Morgan fingerprint density at radius 1 is 0.548 bits per heavy atom. The minimum absolute atomic E-state index is 0.130. The molecule has 0 aliphatic carbocycles. The normalized spacial score (nSPS) is 20.7. The summed E-state index contributed by atoms with van der Waals surface area (Å²) in [6.07, 6.45) is -0.353. The quantitative estimate of drug-likeness (QED) is 0.273. The number of aliphatic hydroxyl groups is 2. The molecule has 4 aromatic carbocycles. The maximum absolute atomic E-state index is 14.6. The summed E-state index contributed by atoms with van der Waals surface area (Å²) in [6.45, 7) is 0.259. The van der Waals surface area contributed by atoms with E-state index in [0.29, 0.717) is 24.0 Å². The zero-order valence-corrected chi connectivity index (χ0v) is 23.2. The molecule has 4 aromatic rings. The molecule has 1 aliphatic rings. The third-order valence-corrected chi connectivity index (χ3v) is 7.89. The highest BCUT2D eigenvalue weighted by molar-refractivity contribution is 5.78. The average Bonchev–Trinajstić information content (AvgIpc) is 3.09. The van der Waals surface area contributed by atoms with Gasteiger partial charge in [0.25, 0.3) is 0 Å². The van der Waals surface area contributed by atoms with E-state index in [1.165, 1.54) is 0 Å². The van der Waals surface area contributed by atoms with Crippen LogP contribution in [-0.4, -0.2) is 62.9 Å². The van der Waals surface area contributed by atoms with Crippen LogP contribution < -0.4 is 0 Å². The van der Waals surface area contributed by atoms with Gasteiger partial charge in [0.05, 0.1) is 12.1 Å². The second-order valence-electron chi connectivity index (χ2n) is 10.8. The number of aldehydes is 2. The van der Waals surface area contributed by atoms with Crippen LogP contribution in [0.5, 0.6) is 0 Å². The molecule has 0 aromatic heterocycles. The van der Waals surface area contributed by atoms with Crippen LogP contribution in [0.2, 0.25) is 0 Å². The predicted molar refractivity (Wildman–Crippen MR) is 160 cm³/mol. The SMILES string of the molecule is O=Cc1cccc(CN2C(=O)N(Cc3cccc(C=O)c3)[C@H](Cc3ccccc3)[C@H](O)[C@@H](O)[C@H]2Cc2ccccc2)c1. The molecule has 1 heterocycles. The number of carbonyl (C=O) groups excluding carboxylic acids is 3. The number of urea groups is 1. The lowest BCUT2D eigenvalue weighted by Crippen LogP contribution is -2.50. The molecular weight excluding hydrogens is 528 g/mol. The minimum atomic E-state index is -1.26. The van der Waals surface area contributed by atoms with Crippen molar-refractivity contribution in [3.63, 3.8) is 0 Å². The van der Waals surface area contributed by atoms with Crippen LogP contribution in [0, 0.1) is 0 Å². The fourth-order valence-corrected chi connectivity index (χ4v) is 5.74. The van der Waals surface area contributed by atoms with Gasteiger partial charge in [0.15, 0.2) is 0 Å². The fraction of sp³-hybridized carbons (Fsp3) is 0.229. The second-order valence-corrected chi connectivity index (χ2v) is 10.8. The number of carbonyl (C=O) groups is 3. The second kappa shape index (κ2) is 13.4. The zero-order chi connectivity index (χ0) is 29.5. The standard InChI is InChI=1S/C35H34N2O5/c38-23-29-15-7-13-27(17-29)21-36-31(19-25-9-3-1-4-10-25)33(40)34(41)32(20-26-11-5-2-6-12-26)37(35(36)42)22-28-14-8-16-30(18-28)24-39/h1-18,23-24,31-34,40-41H,19-22H2/t31-,32-,33+,34+/m1/s1. The van der Waals surface area contributed by atoms with Crippen molar-refractivity contribution >= 4 is 18.6 Å². The van der Waals surface area contributed by atoms with Gasteiger partial charge in [0.1, 0.15) is 24.8 Å². The largest absolute Gasteiger partial charge is 0.388 e. The number of aliphatic hydroxyl groups excluding tert-OH is 2. The predicted octanol–water partition coefficient (Wildman–Crippen LogP) is 4.69. The Bertz CT molecular complexity index is 1400. The summed E-state index contributed by atoms with van der Waals surface area (Å²) in [6, 6.07) is 31.4. The van der Waals surface area contributed by atoms with E-state index in [-0.39, 0.29) is 19.1 Å². The molecule has 2 amide bonds. The molecule has 7 heteroatoms. The van der Waals surface area contributed by atoms with Crippen molar-refractivity contribution < 1.29 is 24.6 Å². The topological polar surface area (TPSA) is 98.2 Å². The summed E-state index contributed by atoms with van der Waals surface area (Å²) in [4.78, 5) is 40.9. The van der Waals surface area contributed by atoms with Crippen LogP contribution in [0.3, 0.4) is 0 Å². The molecular formula is C35H34N2O5. The summed E-state index contributed by atoms with van der Waals surface area (Å²) in [5, 5.41) is 23.6. The van der Waals surface area contributed by atoms with E-state index in [1.807, 2.05) is 72.8 Å². The van der Waals surface area contributed by atoms with Gasteiger partial charge >= 0.3 is 6.03 Å². The first-order chi connectivity index (χ1) is 20.5. The van der Waals surface area contributed by atoms with Crippen LogP contribution in [-0.2, 0) is 25.9 Å². The molecule has 42 heavy (non-hydrogen) atoms. The molecule has 1 aliphatic heterocycles. The van der Waals surface area contributed by atoms with Gasteiger partial charge in [-0.2, -0.15) is 0 Å². The minimum Gasteiger partial charge on any atom is -0.388 e. The van der Waals surface area contributed by atoms with E-state index in [1.54, 1.807) is 46.2 Å². The third-order valence-electron chi connectivity index (χ3n) is 7.89. The van der Waals surface area contributed by atoms with E-state index in [9.17, 15) is 24.6 Å². The Balaban J connectivity index is 1.60. The van der Waals surface area contributed by atoms with Gasteiger partial charge in [-0.25, -0.2) is 4.79 Å². The van der Waals surface area contributed by atoms with Crippen molar-refractivity contribution in [2.75, 3.05) is 0 Å². The first-order valence-electron chi connectivity index (χ1n) is 14.1. The number of hydrogen-bond donors (Lipinski definition) is 2. The van der Waals surface area contributed by atoms with Gasteiger partial charge in [-0.15, -0.1) is 0 Å². The maximum Gasteiger partial charge on any atom is 0.321 e. The van der Waals surface area contributed by atoms with Crippen LogP contribution >= 0.6 is 0 Å². The molecule has 214 valence electrons. The van der Waals surface area contributed by atoms with E-state index in [0.717, 1.165) is 34.8 Å². The number of benzene rings is 4. The van der Waals surface area contributed by atoms with Gasteiger partial charge in [-0.3, -0.25) is 9.59 Å². The Morgan fingerprint density at radius 3 is 1.31 bits per heavy atom. The van der Waals surface area contributed by atoms with E-state index >= 15 is 0 Å². The van der Waals surface area contributed by atoms with Gasteiger partial charge in [0, 0.05) is 24.2 Å². The highest BCUT2D eigenvalue weighted by Crippen LogP contribution is 2.30. The van der Waals surface area contributed by atoms with E-state index in [2.05, 4.69) is 0 Å². The van der Waals surface area contributed by atoms with Crippen molar-refractivity contribution in [3.8, 4) is 0 Å². The summed E-state index contributed by atoms with van der Waals surface area (Å²) in [5.74, 6) is 0. The first kappa shape index (κ1) is 28.9. The third kappa shape index (κ3) is 6.65. The Hall–Kier alpha value is -4.59. The lowest BCUT2D eigenvalue weighted by molar-refractivity contribution is -0.0408. The van der Waals surface area contributed by atoms with Crippen molar-refractivity contribution in [2.45, 2.75) is 50.2 Å². The summed E-state index contributed by atoms with van der Waals surface area (Å²) >= 11 is 0. The van der Waals surface area contributed by atoms with Gasteiger partial charge < -0.3 is 20.0 Å². The molecule has 1 saturated heterocycles. The molecule has 0 bridgehead atoms. The molecule has 0 unspecified atom stereocenters. The van der Waals surface area contributed by atoms with Crippen LogP contribution in [0.1, 0.15) is 43.0 Å². The fourth-order valence-electron chi connectivity index (χ4n) is 5.74. The monoisotopic (exact) mass is 562 g/mol. The van der Waals surface area contributed by atoms with Crippen molar-refractivity contribution in [1.82, 2.24) is 9.80 Å². The lowest BCUT2D eigenvalue weighted by atomic mass is 9.91. The molecule has 0 radical (unpaired) electrons. The van der Waals surface area contributed by atoms with E-state index in [4.69, 9.17) is 0 Å². The van der Waals surface area contributed by atoms with Crippen LogP contribution in [0.15, 0.2) is 109 Å². The molecule has 4 atom stereocenters. The molecule has 1 fully saturated rings. The highest BCUT2D eigenvalue weighted by Gasteiger charge is 2.46. The number of nitrogens with zero attached hydrogens (tertiary/aromatic N) is 2. The van der Waals surface area contributed by atoms with Crippen molar-refractivity contribution in [2.24, 2.45) is 0 Å². The summed E-state index contributed by atoms with van der Waals surface area (Å²) < 4.78 is 0. The van der Waals surface area contributed by atoms with Crippen LogP contribution in [0.25, 0.3) is 0 Å². The molecule has 0 saturated carbocycles. The highest BCUT2D eigenvalue weighted by atomic mass is 16.3. The summed E-state index contributed by atoms with van der Waals surface area (Å²) in [5.41, 5.74) is 4.27. The Morgan fingerprint density at radius 2 is 0.929 bits per heavy atom.